The molecule has 2 N–H and O–H groups in total. The summed E-state index contributed by atoms with van der Waals surface area (Å²) in [7, 11) is 0. The summed E-state index contributed by atoms with van der Waals surface area (Å²) in [5.41, 5.74) is 1.48. The van der Waals surface area contributed by atoms with Crippen LogP contribution < -0.4 is 16.2 Å². The number of hydrogen-bond donors (Lipinski definition) is 2. The molecule has 0 unspecified atom stereocenters. The maximum Gasteiger partial charge on any atom is 0.267 e. The van der Waals surface area contributed by atoms with Gasteiger partial charge in [-0.3, -0.25) is 19.0 Å². The molecule has 0 aliphatic carbocycles. The first kappa shape index (κ1) is 20.1. The van der Waals surface area contributed by atoms with E-state index in [0.29, 0.717) is 16.9 Å². The van der Waals surface area contributed by atoms with E-state index in [0.717, 1.165) is 6.42 Å². The Hall–Kier alpha value is -3.67. The average Bonchev–Trinajstić information content (AvgIpc) is 2.75. The van der Waals surface area contributed by atoms with E-state index in [1.807, 2.05) is 19.9 Å². The van der Waals surface area contributed by atoms with E-state index in [2.05, 4.69) is 10.6 Å². The smallest absolute Gasteiger partial charge is 0.267 e. The molecule has 0 aliphatic rings. The number of carbonyl (C=O) groups is 2. The van der Waals surface area contributed by atoms with Crippen LogP contribution in [0.15, 0.2) is 77.7 Å². The molecule has 2 aromatic carbocycles. The number of pyridine rings is 1. The predicted octanol–water partition coefficient (Wildman–Crippen LogP) is 3.62. The lowest BCUT2D eigenvalue weighted by Crippen LogP contribution is -2.36. The van der Waals surface area contributed by atoms with Crippen molar-refractivity contribution < 1.29 is 9.59 Å². The Kier molecular flexibility index (Phi) is 6.24. The molecular weight excluding hydrogens is 366 g/mol. The molecular formula is C23H23N3O3. The van der Waals surface area contributed by atoms with Crippen molar-refractivity contribution in [2.45, 2.75) is 26.3 Å². The Balaban J connectivity index is 1.80. The van der Waals surface area contributed by atoms with Crippen molar-refractivity contribution in [1.29, 1.82) is 0 Å². The van der Waals surface area contributed by atoms with Gasteiger partial charge in [0.15, 0.2) is 0 Å². The summed E-state index contributed by atoms with van der Waals surface area (Å²) < 4.78 is 1.41. The summed E-state index contributed by atoms with van der Waals surface area (Å²) in [5.74, 6) is -0.593. The molecule has 0 saturated heterocycles. The second kappa shape index (κ2) is 9.01. The fourth-order valence-corrected chi connectivity index (χ4v) is 2.77. The summed E-state index contributed by atoms with van der Waals surface area (Å²) >= 11 is 0. The van der Waals surface area contributed by atoms with Crippen LogP contribution in [-0.4, -0.2) is 22.4 Å². The normalized spacial score (nSPS) is 11.5. The molecule has 0 aliphatic heterocycles. The van der Waals surface area contributed by atoms with Crippen molar-refractivity contribution in [2.75, 3.05) is 5.32 Å². The van der Waals surface area contributed by atoms with Crippen molar-refractivity contribution in [2.24, 2.45) is 0 Å². The largest absolute Gasteiger partial charge is 0.349 e. The molecule has 148 valence electrons. The van der Waals surface area contributed by atoms with Crippen molar-refractivity contribution in [3.05, 3.63) is 94.4 Å². The molecule has 1 heterocycles. The third kappa shape index (κ3) is 4.79. The molecule has 6 nitrogen and oxygen atoms in total. The van der Waals surface area contributed by atoms with Crippen LogP contribution in [0.5, 0.6) is 0 Å². The van der Waals surface area contributed by atoms with Gasteiger partial charge >= 0.3 is 0 Å². The highest BCUT2D eigenvalue weighted by Gasteiger charge is 2.14. The molecule has 2 amide bonds. The van der Waals surface area contributed by atoms with E-state index in [4.69, 9.17) is 0 Å². The van der Waals surface area contributed by atoms with Gasteiger partial charge < -0.3 is 10.6 Å². The minimum Gasteiger partial charge on any atom is -0.349 e. The van der Waals surface area contributed by atoms with Crippen LogP contribution in [0.3, 0.4) is 0 Å². The van der Waals surface area contributed by atoms with Crippen LogP contribution in [0.2, 0.25) is 0 Å². The minimum atomic E-state index is -0.394. The average molecular weight is 389 g/mol. The molecule has 0 spiro atoms. The van der Waals surface area contributed by atoms with Crippen LogP contribution in [0.1, 0.15) is 41.0 Å². The standard InChI is InChI=1S/C23H23N3O3/c1-3-16(2)24-22(28)20-10-7-15-26(23(20)29)19-13-11-18(12-14-19)25-21(27)17-8-5-4-6-9-17/h4-16H,3H2,1-2H3,(H,24,28)(H,25,27)/t16-/m1/s1. The zero-order valence-electron chi connectivity index (χ0n) is 16.4. The number of benzene rings is 2. The van der Waals surface area contributed by atoms with Crippen molar-refractivity contribution in [3.8, 4) is 5.69 Å². The molecule has 0 radical (unpaired) electrons. The first-order valence-corrected chi connectivity index (χ1v) is 9.49. The number of nitrogens with one attached hydrogen (secondary N) is 2. The third-order valence-electron chi connectivity index (χ3n) is 4.62. The van der Waals surface area contributed by atoms with Gasteiger partial charge in [0.1, 0.15) is 5.56 Å². The first-order valence-electron chi connectivity index (χ1n) is 9.49. The van der Waals surface area contributed by atoms with Gasteiger partial charge in [0.25, 0.3) is 17.4 Å². The SMILES string of the molecule is CC[C@@H](C)NC(=O)c1cccn(-c2ccc(NC(=O)c3ccccc3)cc2)c1=O. The van der Waals surface area contributed by atoms with Crippen molar-refractivity contribution in [1.82, 2.24) is 9.88 Å². The van der Waals surface area contributed by atoms with Gasteiger partial charge in [0, 0.05) is 29.2 Å². The van der Waals surface area contributed by atoms with Gasteiger partial charge in [-0.05, 0) is 61.9 Å². The second-order valence-corrected chi connectivity index (χ2v) is 6.75. The van der Waals surface area contributed by atoms with Crippen LogP contribution in [0.25, 0.3) is 5.69 Å². The molecule has 29 heavy (non-hydrogen) atoms. The summed E-state index contributed by atoms with van der Waals surface area (Å²) in [6.45, 7) is 3.86. The molecule has 0 fully saturated rings. The number of nitrogens with zero attached hydrogens (tertiary/aromatic N) is 1. The van der Waals surface area contributed by atoms with Crippen LogP contribution in [0.4, 0.5) is 5.69 Å². The monoisotopic (exact) mass is 389 g/mol. The third-order valence-corrected chi connectivity index (χ3v) is 4.62. The van der Waals surface area contributed by atoms with Gasteiger partial charge in [-0.2, -0.15) is 0 Å². The van der Waals surface area contributed by atoms with E-state index < -0.39 is 5.56 Å². The number of hydrogen-bond acceptors (Lipinski definition) is 3. The summed E-state index contributed by atoms with van der Waals surface area (Å²) in [6, 6.07) is 19.0. The molecule has 3 rings (SSSR count). The number of aromatic nitrogens is 1. The Morgan fingerprint density at radius 1 is 0.931 bits per heavy atom. The lowest BCUT2D eigenvalue weighted by molar-refractivity contribution is 0.0936. The number of rotatable bonds is 6. The van der Waals surface area contributed by atoms with Gasteiger partial charge in [-0.25, -0.2) is 0 Å². The van der Waals surface area contributed by atoms with Gasteiger partial charge in [-0.1, -0.05) is 25.1 Å². The van der Waals surface area contributed by atoms with E-state index >= 15 is 0 Å². The Labute approximate surface area is 169 Å². The fraction of sp³-hybridized carbons (Fsp3) is 0.174. The lowest BCUT2D eigenvalue weighted by Gasteiger charge is -2.13. The van der Waals surface area contributed by atoms with Crippen molar-refractivity contribution >= 4 is 17.5 Å². The van der Waals surface area contributed by atoms with Crippen LogP contribution >= 0.6 is 0 Å². The molecule has 0 bridgehead atoms. The zero-order chi connectivity index (χ0) is 20.8. The predicted molar refractivity (Wildman–Crippen MR) is 114 cm³/mol. The summed E-state index contributed by atoms with van der Waals surface area (Å²) in [6.07, 6.45) is 2.39. The summed E-state index contributed by atoms with van der Waals surface area (Å²) in [5, 5.41) is 5.63. The lowest BCUT2D eigenvalue weighted by atomic mass is 10.2. The van der Waals surface area contributed by atoms with Crippen LogP contribution in [-0.2, 0) is 0 Å². The molecule has 0 saturated carbocycles. The molecule has 3 aromatic rings. The molecule has 1 atom stereocenters. The summed E-state index contributed by atoms with van der Waals surface area (Å²) in [4.78, 5) is 37.4. The fourth-order valence-electron chi connectivity index (χ4n) is 2.77. The van der Waals surface area contributed by atoms with Crippen molar-refractivity contribution in [3.63, 3.8) is 0 Å². The quantitative estimate of drug-likeness (QED) is 0.676. The van der Waals surface area contributed by atoms with Gasteiger partial charge in [0.05, 0.1) is 0 Å². The molecule has 6 heteroatoms. The van der Waals surface area contributed by atoms with E-state index in [1.165, 1.54) is 10.6 Å². The second-order valence-electron chi connectivity index (χ2n) is 6.75. The van der Waals surface area contributed by atoms with Gasteiger partial charge in [-0.15, -0.1) is 0 Å². The zero-order valence-corrected chi connectivity index (χ0v) is 16.4. The number of carbonyl (C=O) groups excluding carboxylic acids is 2. The van der Waals surface area contributed by atoms with Crippen LogP contribution in [0, 0.1) is 0 Å². The van der Waals surface area contributed by atoms with Gasteiger partial charge in [0.2, 0.25) is 0 Å². The Morgan fingerprint density at radius 2 is 1.62 bits per heavy atom. The molecule has 1 aromatic heterocycles. The number of anilines is 1. The minimum absolute atomic E-state index is 0.0111. The Morgan fingerprint density at radius 3 is 2.28 bits per heavy atom. The Bertz CT molecular complexity index is 1060. The maximum atomic E-state index is 12.8. The van der Waals surface area contributed by atoms with E-state index in [1.54, 1.807) is 60.8 Å². The maximum absolute atomic E-state index is 12.8. The topological polar surface area (TPSA) is 80.2 Å². The van der Waals surface area contributed by atoms with E-state index in [-0.39, 0.29) is 23.4 Å². The highest BCUT2D eigenvalue weighted by atomic mass is 16.2. The first-order chi connectivity index (χ1) is 14.0. The number of amides is 2. The van der Waals surface area contributed by atoms with E-state index in [9.17, 15) is 14.4 Å². The highest BCUT2D eigenvalue weighted by molar-refractivity contribution is 6.04. The highest BCUT2D eigenvalue weighted by Crippen LogP contribution is 2.14.